The Balaban J connectivity index is 2.09. The number of aromatic nitrogens is 1. The van der Waals surface area contributed by atoms with Crippen molar-refractivity contribution < 1.29 is 28.5 Å². The number of nitrogens with zero attached hydrogens (tertiary/aromatic N) is 2. The van der Waals surface area contributed by atoms with Crippen molar-refractivity contribution in [2.45, 2.75) is 13.5 Å². The summed E-state index contributed by atoms with van der Waals surface area (Å²) in [6.07, 6.45) is 0. The van der Waals surface area contributed by atoms with Crippen molar-refractivity contribution in [1.82, 2.24) is 4.57 Å². The van der Waals surface area contributed by atoms with Gasteiger partial charge in [-0.3, -0.25) is 4.79 Å². The quantitative estimate of drug-likeness (QED) is 0.496. The Labute approximate surface area is 183 Å². The molecule has 1 heterocycles. The SMILES string of the molecule is CCOC(=O)c1ccc2c(c1)sc(=NC(=O)c1cc(OC)cc(OC)c1)n2CCOC. The van der Waals surface area contributed by atoms with Gasteiger partial charge in [0.2, 0.25) is 0 Å². The first kappa shape index (κ1) is 22.5. The number of carbonyl (C=O) groups is 2. The van der Waals surface area contributed by atoms with Crippen molar-refractivity contribution in [2.24, 2.45) is 4.99 Å². The fourth-order valence-corrected chi connectivity index (χ4v) is 4.07. The zero-order valence-electron chi connectivity index (χ0n) is 17.8. The molecule has 0 fully saturated rings. The van der Waals surface area contributed by atoms with Crippen LogP contribution in [0, 0.1) is 0 Å². The van der Waals surface area contributed by atoms with Gasteiger partial charge >= 0.3 is 5.97 Å². The predicted octanol–water partition coefficient (Wildman–Crippen LogP) is 3.28. The standard InChI is InChI=1S/C22H24N2O6S/c1-5-30-21(26)14-6-7-18-19(12-14)31-22(24(18)8-9-27-2)23-20(25)15-10-16(28-3)13-17(11-15)29-4/h6-7,10-13H,5,8-9H2,1-4H3. The Bertz CT molecular complexity index is 1140. The number of hydrogen-bond acceptors (Lipinski definition) is 7. The molecule has 31 heavy (non-hydrogen) atoms. The number of amides is 1. The summed E-state index contributed by atoms with van der Waals surface area (Å²) in [5, 5.41) is 0. The second-order valence-corrected chi connectivity index (χ2v) is 7.46. The number of fused-ring (bicyclic) bond motifs is 1. The fourth-order valence-electron chi connectivity index (χ4n) is 2.98. The maximum atomic E-state index is 12.9. The number of hydrogen-bond donors (Lipinski definition) is 0. The van der Waals surface area contributed by atoms with Crippen LogP contribution in [0.1, 0.15) is 27.6 Å². The molecule has 0 saturated heterocycles. The zero-order chi connectivity index (χ0) is 22.4. The Morgan fingerprint density at radius 1 is 1.00 bits per heavy atom. The molecule has 0 N–H and O–H groups in total. The second-order valence-electron chi connectivity index (χ2n) is 6.45. The van der Waals surface area contributed by atoms with E-state index in [9.17, 15) is 9.59 Å². The van der Waals surface area contributed by atoms with Crippen molar-refractivity contribution in [3.8, 4) is 11.5 Å². The first-order valence-electron chi connectivity index (χ1n) is 9.62. The minimum Gasteiger partial charge on any atom is -0.497 e. The number of thiazole rings is 1. The molecule has 1 aromatic heterocycles. The molecule has 9 heteroatoms. The molecular weight excluding hydrogens is 420 g/mol. The van der Waals surface area contributed by atoms with Gasteiger partial charge in [0.15, 0.2) is 4.80 Å². The molecule has 164 valence electrons. The van der Waals surface area contributed by atoms with Gasteiger partial charge in [-0.1, -0.05) is 11.3 Å². The molecule has 0 spiro atoms. The van der Waals surface area contributed by atoms with Gasteiger partial charge < -0.3 is 23.5 Å². The van der Waals surface area contributed by atoms with Crippen LogP contribution in [0.25, 0.3) is 10.2 Å². The van der Waals surface area contributed by atoms with Crippen LogP contribution in [0.2, 0.25) is 0 Å². The summed E-state index contributed by atoms with van der Waals surface area (Å²) in [7, 11) is 4.65. The van der Waals surface area contributed by atoms with Crippen LogP contribution in [-0.4, -0.2) is 51.0 Å². The van der Waals surface area contributed by atoms with Crippen molar-refractivity contribution >= 4 is 33.4 Å². The maximum absolute atomic E-state index is 12.9. The number of esters is 1. The van der Waals surface area contributed by atoms with Gasteiger partial charge in [-0.05, 0) is 37.3 Å². The highest BCUT2D eigenvalue weighted by molar-refractivity contribution is 7.16. The minimum absolute atomic E-state index is 0.300. The van der Waals surface area contributed by atoms with Crippen molar-refractivity contribution in [1.29, 1.82) is 0 Å². The number of rotatable bonds is 8. The van der Waals surface area contributed by atoms with Crippen LogP contribution in [0.15, 0.2) is 41.4 Å². The topological polar surface area (TPSA) is 88.4 Å². The van der Waals surface area contributed by atoms with E-state index < -0.39 is 5.91 Å². The molecule has 2 aromatic carbocycles. The van der Waals surface area contributed by atoms with Crippen LogP contribution in [0.5, 0.6) is 11.5 Å². The second kappa shape index (κ2) is 10.2. The highest BCUT2D eigenvalue weighted by atomic mass is 32.1. The number of carbonyl (C=O) groups excluding carboxylic acids is 2. The van der Waals surface area contributed by atoms with Crippen molar-refractivity contribution in [2.75, 3.05) is 34.5 Å². The predicted molar refractivity (Wildman–Crippen MR) is 117 cm³/mol. The summed E-state index contributed by atoms with van der Waals surface area (Å²) >= 11 is 1.32. The first-order chi connectivity index (χ1) is 15.0. The molecule has 8 nitrogen and oxygen atoms in total. The molecule has 3 aromatic rings. The molecular formula is C22H24N2O6S. The third-order valence-corrected chi connectivity index (χ3v) is 5.55. The Morgan fingerprint density at radius 3 is 2.32 bits per heavy atom. The summed E-state index contributed by atoms with van der Waals surface area (Å²) in [6.45, 7) is 3.01. The lowest BCUT2D eigenvalue weighted by atomic mass is 10.2. The van der Waals surface area contributed by atoms with Crippen LogP contribution in [0.3, 0.4) is 0 Å². The smallest absolute Gasteiger partial charge is 0.338 e. The average molecular weight is 445 g/mol. The van der Waals surface area contributed by atoms with Gasteiger partial charge in [0.05, 0.1) is 43.2 Å². The highest BCUT2D eigenvalue weighted by Crippen LogP contribution is 2.24. The number of benzene rings is 2. The van der Waals surface area contributed by atoms with E-state index in [1.807, 2.05) is 10.6 Å². The Hall–Kier alpha value is -3.17. The Kier molecular flexibility index (Phi) is 7.43. The summed E-state index contributed by atoms with van der Waals surface area (Å²) in [4.78, 5) is 29.9. The van der Waals surface area contributed by atoms with E-state index in [4.69, 9.17) is 18.9 Å². The van der Waals surface area contributed by atoms with E-state index in [2.05, 4.69) is 4.99 Å². The van der Waals surface area contributed by atoms with Gasteiger partial charge in [-0.25, -0.2) is 4.79 Å². The van der Waals surface area contributed by atoms with E-state index in [0.29, 0.717) is 47.2 Å². The normalized spacial score (nSPS) is 11.5. The number of methoxy groups -OCH3 is 3. The molecule has 0 radical (unpaired) electrons. The molecule has 0 atom stereocenters. The number of ether oxygens (including phenoxy) is 4. The largest absolute Gasteiger partial charge is 0.497 e. The maximum Gasteiger partial charge on any atom is 0.338 e. The highest BCUT2D eigenvalue weighted by Gasteiger charge is 2.14. The molecule has 0 bridgehead atoms. The third kappa shape index (κ3) is 5.12. The van der Waals surface area contributed by atoms with E-state index in [1.165, 1.54) is 25.6 Å². The molecule has 0 saturated carbocycles. The lowest BCUT2D eigenvalue weighted by Gasteiger charge is -2.07. The van der Waals surface area contributed by atoms with E-state index in [1.54, 1.807) is 44.4 Å². The monoisotopic (exact) mass is 444 g/mol. The van der Waals surface area contributed by atoms with Gasteiger partial charge in [-0.2, -0.15) is 4.99 Å². The molecule has 1 amide bonds. The van der Waals surface area contributed by atoms with Gasteiger partial charge in [0, 0.05) is 25.3 Å². The molecule has 0 aliphatic heterocycles. The van der Waals surface area contributed by atoms with Crippen molar-refractivity contribution in [3.63, 3.8) is 0 Å². The van der Waals surface area contributed by atoms with E-state index in [0.717, 1.165) is 10.2 Å². The average Bonchev–Trinajstić information content (AvgIpc) is 3.13. The fraction of sp³-hybridized carbons (Fsp3) is 0.318. The minimum atomic E-state index is -0.430. The van der Waals surface area contributed by atoms with Crippen LogP contribution in [0.4, 0.5) is 0 Å². The van der Waals surface area contributed by atoms with E-state index >= 15 is 0 Å². The summed E-state index contributed by atoms with van der Waals surface area (Å²) in [5.74, 6) is 0.181. The van der Waals surface area contributed by atoms with Gasteiger partial charge in [0.25, 0.3) is 5.91 Å². The third-order valence-electron chi connectivity index (χ3n) is 4.51. The van der Waals surface area contributed by atoms with E-state index in [-0.39, 0.29) is 5.97 Å². The summed E-state index contributed by atoms with van der Waals surface area (Å²) < 4.78 is 23.5. The molecule has 3 rings (SSSR count). The lowest BCUT2D eigenvalue weighted by Crippen LogP contribution is -2.19. The molecule has 0 unspecified atom stereocenters. The van der Waals surface area contributed by atoms with Crippen molar-refractivity contribution in [3.05, 3.63) is 52.3 Å². The zero-order valence-corrected chi connectivity index (χ0v) is 18.7. The van der Waals surface area contributed by atoms with Gasteiger partial charge in [0.1, 0.15) is 11.5 Å². The van der Waals surface area contributed by atoms with Crippen LogP contribution < -0.4 is 14.3 Å². The molecule has 0 aliphatic carbocycles. The van der Waals surface area contributed by atoms with Crippen LogP contribution >= 0.6 is 11.3 Å². The summed E-state index contributed by atoms with van der Waals surface area (Å²) in [5.41, 5.74) is 1.65. The summed E-state index contributed by atoms with van der Waals surface area (Å²) in [6, 6.07) is 10.2. The lowest BCUT2D eigenvalue weighted by molar-refractivity contribution is 0.0526. The molecule has 0 aliphatic rings. The first-order valence-corrected chi connectivity index (χ1v) is 10.4. The Morgan fingerprint density at radius 2 is 1.71 bits per heavy atom. The van der Waals surface area contributed by atoms with Gasteiger partial charge in [-0.15, -0.1) is 0 Å². The van der Waals surface area contributed by atoms with Crippen LogP contribution in [-0.2, 0) is 16.0 Å².